The van der Waals surface area contributed by atoms with Crippen molar-refractivity contribution in [3.05, 3.63) is 71.0 Å². The number of aryl methyl sites for hydroxylation is 2. The van der Waals surface area contributed by atoms with Crippen LogP contribution in [0.3, 0.4) is 0 Å². The van der Waals surface area contributed by atoms with Crippen molar-refractivity contribution < 1.29 is 4.74 Å². The van der Waals surface area contributed by atoms with Gasteiger partial charge in [-0.15, -0.1) is 0 Å². The van der Waals surface area contributed by atoms with E-state index in [4.69, 9.17) is 4.74 Å². The van der Waals surface area contributed by atoms with Gasteiger partial charge in [0.1, 0.15) is 12.5 Å². The maximum Gasteiger partial charge on any atom is 0.123 e. The summed E-state index contributed by atoms with van der Waals surface area (Å²) in [4.78, 5) is 2.75. The van der Waals surface area contributed by atoms with Crippen LogP contribution in [0.2, 0.25) is 0 Å². The van der Waals surface area contributed by atoms with Gasteiger partial charge in [0.15, 0.2) is 0 Å². The summed E-state index contributed by atoms with van der Waals surface area (Å²) in [7, 11) is 0. The van der Waals surface area contributed by atoms with Crippen LogP contribution in [0, 0.1) is 25.2 Å². The first-order valence-corrected chi connectivity index (χ1v) is 16.9. The van der Waals surface area contributed by atoms with Crippen molar-refractivity contribution in [1.29, 1.82) is 0 Å². The molecule has 0 radical (unpaired) electrons. The van der Waals surface area contributed by atoms with Crippen LogP contribution in [0.5, 0.6) is 0 Å². The second-order valence-corrected chi connectivity index (χ2v) is 15.3. The molecule has 0 spiro atoms. The Morgan fingerprint density at radius 1 is 1.02 bits per heavy atom. The molecule has 7 nitrogen and oxygen atoms in total. The van der Waals surface area contributed by atoms with Crippen LogP contribution >= 0.6 is 11.9 Å². The summed E-state index contributed by atoms with van der Waals surface area (Å²) in [5.74, 6) is 0.686. The number of nitrogens with zero attached hydrogens (tertiary/aromatic N) is 3. The van der Waals surface area contributed by atoms with Gasteiger partial charge in [0.25, 0.3) is 0 Å². The molecule has 2 aliphatic heterocycles. The molecule has 8 heteroatoms. The SMILES string of the molecule is Cc1cccc(C)c1C1CC2NC(NSC3CCCC(C3)CN(Cc3cnn4ccccc34)[C@H](CC(C)(C)C)CO2)N1. The number of hydrogen-bond acceptors (Lipinski definition) is 7. The smallest absolute Gasteiger partial charge is 0.123 e. The van der Waals surface area contributed by atoms with E-state index < -0.39 is 0 Å². The van der Waals surface area contributed by atoms with Gasteiger partial charge in [0.2, 0.25) is 0 Å². The number of rotatable bonds is 4. The summed E-state index contributed by atoms with van der Waals surface area (Å²) in [6.45, 7) is 14.3. The molecule has 3 aliphatic rings. The topological polar surface area (TPSA) is 65.9 Å². The Hall–Kier alpha value is -1.94. The lowest BCUT2D eigenvalue weighted by atomic mass is 9.85. The van der Waals surface area contributed by atoms with Gasteiger partial charge >= 0.3 is 0 Å². The normalized spacial score (nSPS) is 29.9. The molecule has 4 heterocycles. The van der Waals surface area contributed by atoms with Crippen molar-refractivity contribution >= 4 is 17.5 Å². The fourth-order valence-corrected chi connectivity index (χ4v) is 8.57. The molecule has 2 saturated heterocycles. The van der Waals surface area contributed by atoms with Crippen molar-refractivity contribution in [2.24, 2.45) is 11.3 Å². The molecule has 228 valence electrons. The first-order chi connectivity index (χ1) is 20.2. The molecule has 4 bridgehead atoms. The lowest BCUT2D eigenvalue weighted by Gasteiger charge is -2.41. The van der Waals surface area contributed by atoms with E-state index in [1.165, 1.54) is 53.5 Å². The molecular weight excluding hydrogens is 540 g/mol. The highest BCUT2D eigenvalue weighted by Crippen LogP contribution is 2.35. The summed E-state index contributed by atoms with van der Waals surface area (Å²) in [5, 5.41) is 13.0. The number of hydrogen-bond donors (Lipinski definition) is 3. The van der Waals surface area contributed by atoms with Crippen molar-refractivity contribution in [1.82, 2.24) is 29.9 Å². The standard InChI is InChI=1S/C34H50N6OS/c1-23-10-8-11-24(2)32(23)29-17-31-37-33(36-29)38-42-28-13-9-12-25(16-28)20-39(27(22-41-31)18-34(3,4)5)21-26-19-35-40-15-7-6-14-30(26)40/h6-8,10-11,14-15,19,25,27-29,31,33,36-38H,9,12-13,16-18,20-22H2,1-5H3/t25?,27-,28?,29?,31?,33?/m1/s1. The van der Waals surface area contributed by atoms with E-state index in [9.17, 15) is 0 Å². The Kier molecular flexibility index (Phi) is 9.29. The number of aromatic nitrogens is 2. The average molecular weight is 591 g/mol. The fraction of sp³-hybridized carbons (Fsp3) is 0.618. The number of ether oxygens (including phenoxy) is 1. The summed E-state index contributed by atoms with van der Waals surface area (Å²) in [6.07, 6.45) is 11.2. The minimum absolute atomic E-state index is 0.00478. The number of fused-ring (bicyclic) bond motifs is 5. The lowest BCUT2D eigenvalue weighted by Crippen LogP contribution is -2.61. The predicted molar refractivity (Wildman–Crippen MR) is 173 cm³/mol. The van der Waals surface area contributed by atoms with Crippen LogP contribution < -0.4 is 15.4 Å². The maximum absolute atomic E-state index is 6.90. The molecule has 1 aliphatic carbocycles. The van der Waals surface area contributed by atoms with Gasteiger partial charge in [-0.2, -0.15) is 5.10 Å². The van der Waals surface area contributed by atoms with E-state index >= 15 is 0 Å². The number of pyridine rings is 1. The molecule has 6 rings (SSSR count). The van der Waals surface area contributed by atoms with Gasteiger partial charge in [-0.05, 0) is 79.7 Å². The van der Waals surface area contributed by atoms with Gasteiger partial charge in [0.05, 0.1) is 18.3 Å². The van der Waals surface area contributed by atoms with E-state index in [2.05, 4.69) is 109 Å². The number of benzene rings is 1. The highest BCUT2D eigenvalue weighted by atomic mass is 32.2. The summed E-state index contributed by atoms with van der Waals surface area (Å²) >= 11 is 1.93. The Bertz CT molecular complexity index is 1320. The zero-order valence-electron chi connectivity index (χ0n) is 26.1. The first kappa shape index (κ1) is 30.1. The molecule has 1 aromatic carbocycles. The Morgan fingerprint density at radius 3 is 2.67 bits per heavy atom. The zero-order chi connectivity index (χ0) is 29.3. The summed E-state index contributed by atoms with van der Waals surface area (Å²) < 4.78 is 12.7. The van der Waals surface area contributed by atoms with Crippen LogP contribution in [-0.4, -0.2) is 51.5 Å². The van der Waals surface area contributed by atoms with Crippen LogP contribution in [0.15, 0.2) is 48.8 Å². The average Bonchev–Trinajstić information content (AvgIpc) is 3.36. The van der Waals surface area contributed by atoms with Crippen LogP contribution in [-0.2, 0) is 11.3 Å². The molecule has 42 heavy (non-hydrogen) atoms. The van der Waals surface area contributed by atoms with Crippen molar-refractivity contribution in [3.8, 4) is 0 Å². The molecular formula is C34H50N6OS. The van der Waals surface area contributed by atoms with Gasteiger partial charge in [-0.3, -0.25) is 15.5 Å². The minimum Gasteiger partial charge on any atom is -0.362 e. The van der Waals surface area contributed by atoms with E-state index in [1.807, 2.05) is 16.5 Å². The Labute approximate surface area is 256 Å². The molecule has 6 atom stereocenters. The van der Waals surface area contributed by atoms with Gasteiger partial charge in [-0.25, -0.2) is 9.24 Å². The first-order valence-electron chi connectivity index (χ1n) is 16.0. The highest BCUT2D eigenvalue weighted by molar-refractivity contribution is 7.98. The predicted octanol–water partition coefficient (Wildman–Crippen LogP) is 6.32. The molecule has 2 aromatic heterocycles. The monoisotopic (exact) mass is 590 g/mol. The minimum atomic E-state index is -0.0326. The molecule has 5 unspecified atom stereocenters. The largest absolute Gasteiger partial charge is 0.362 e. The molecule has 0 amide bonds. The highest BCUT2D eigenvalue weighted by Gasteiger charge is 2.35. The lowest BCUT2D eigenvalue weighted by molar-refractivity contribution is -0.0513. The van der Waals surface area contributed by atoms with E-state index in [0.29, 0.717) is 23.8 Å². The van der Waals surface area contributed by atoms with E-state index in [1.54, 1.807) is 0 Å². The van der Waals surface area contributed by atoms with Crippen molar-refractivity contribution in [2.45, 2.75) is 110 Å². The maximum atomic E-state index is 6.90. The van der Waals surface area contributed by atoms with E-state index in [0.717, 1.165) is 25.9 Å². The van der Waals surface area contributed by atoms with Crippen LogP contribution in [0.4, 0.5) is 0 Å². The second-order valence-electron chi connectivity index (χ2n) is 14.1. The van der Waals surface area contributed by atoms with Crippen LogP contribution in [0.1, 0.15) is 87.6 Å². The van der Waals surface area contributed by atoms with Gasteiger partial charge in [-0.1, -0.05) is 63.4 Å². The van der Waals surface area contributed by atoms with E-state index in [-0.39, 0.29) is 24.0 Å². The molecule has 3 fully saturated rings. The molecule has 1 saturated carbocycles. The van der Waals surface area contributed by atoms with Gasteiger partial charge in [0, 0.05) is 48.6 Å². The third-order valence-corrected chi connectivity index (χ3v) is 10.5. The Balaban J connectivity index is 1.31. The van der Waals surface area contributed by atoms with Crippen molar-refractivity contribution in [2.75, 3.05) is 13.2 Å². The quantitative estimate of drug-likeness (QED) is 0.308. The second kappa shape index (κ2) is 13.0. The Morgan fingerprint density at radius 2 is 1.86 bits per heavy atom. The number of nitrogens with one attached hydrogen (secondary N) is 3. The molecule has 3 N–H and O–H groups in total. The summed E-state index contributed by atoms with van der Waals surface area (Å²) in [6, 6.07) is 13.6. The fourth-order valence-electron chi connectivity index (χ4n) is 7.46. The van der Waals surface area contributed by atoms with Gasteiger partial charge < -0.3 is 4.74 Å². The van der Waals surface area contributed by atoms with Crippen LogP contribution in [0.25, 0.3) is 5.52 Å². The zero-order valence-corrected chi connectivity index (χ0v) is 26.9. The van der Waals surface area contributed by atoms with Crippen molar-refractivity contribution in [3.63, 3.8) is 0 Å². The third kappa shape index (κ3) is 7.22. The molecule has 3 aromatic rings. The summed E-state index contributed by atoms with van der Waals surface area (Å²) in [5.41, 5.74) is 6.80. The third-order valence-electron chi connectivity index (χ3n) is 9.37.